The monoisotopic (exact) mass is 111 g/mol. The summed E-state index contributed by atoms with van der Waals surface area (Å²) in [5.41, 5.74) is 0. The third-order valence-corrected chi connectivity index (χ3v) is 0.331. The molecule has 0 amide bonds. The molecule has 1 aromatic heterocycles. The van der Waals surface area contributed by atoms with Crippen molar-refractivity contribution in [2.75, 3.05) is 0 Å². The molecule has 8 heavy (non-hydrogen) atoms. The molecule has 0 aliphatic rings. The van der Waals surface area contributed by atoms with Gasteiger partial charge in [-0.25, -0.2) is 4.79 Å². The molecule has 4 heteroatoms. The van der Waals surface area contributed by atoms with Crippen LogP contribution in [0.5, 0.6) is 0 Å². The zero-order valence-corrected chi connectivity index (χ0v) is 4.16. The van der Waals surface area contributed by atoms with Gasteiger partial charge in [0.2, 0.25) is 0 Å². The lowest BCUT2D eigenvalue weighted by molar-refractivity contribution is 0.569. The molecule has 1 heterocycles. The summed E-state index contributed by atoms with van der Waals surface area (Å²) >= 11 is 0. The minimum atomic E-state index is 1.25. The Kier molecular flexibility index (Phi) is 4.60. The van der Waals surface area contributed by atoms with Gasteiger partial charge in [0.15, 0.2) is 0 Å². The molecular weight excluding hydrogens is 106 g/mol. The Morgan fingerprint density at radius 2 is 1.88 bits per heavy atom. The average molecular weight is 111 g/mol. The molecule has 42 valence electrons. The minimum absolute atomic E-state index is 1.25. The van der Waals surface area contributed by atoms with Crippen LogP contribution in [0.4, 0.5) is 0 Å². The number of H-pyrrole nitrogens is 1. The smallest absolute Gasteiger partial charge is 0.116 e. The van der Waals surface area contributed by atoms with Gasteiger partial charge < -0.3 is 0 Å². The summed E-state index contributed by atoms with van der Waals surface area (Å²) in [6, 6.07) is 0. The molecule has 0 spiro atoms. The Morgan fingerprint density at radius 3 is 2.00 bits per heavy atom. The third-order valence-electron chi connectivity index (χ3n) is 0.331. The lowest BCUT2D eigenvalue weighted by atomic mass is 11.0. The van der Waals surface area contributed by atoms with E-state index in [4.69, 9.17) is 4.79 Å². The summed E-state index contributed by atoms with van der Waals surface area (Å²) < 4.78 is 0. The Balaban J connectivity index is 0.000000145. The van der Waals surface area contributed by atoms with Gasteiger partial charge in [-0.2, -0.15) is 15.4 Å². The van der Waals surface area contributed by atoms with Gasteiger partial charge in [0.05, 0.1) is 12.4 Å². The van der Waals surface area contributed by atoms with Crippen molar-refractivity contribution in [3.8, 4) is 0 Å². The normalized spacial score (nSPS) is 6.00. The number of carbonyl (C=O) groups excluding carboxylic acids is 1. The van der Waals surface area contributed by atoms with Crippen LogP contribution in [-0.2, 0) is 4.79 Å². The number of aromatic nitrogens is 3. The Labute approximate surface area is 46.2 Å². The van der Waals surface area contributed by atoms with Crippen molar-refractivity contribution in [2.24, 2.45) is 0 Å². The SMILES string of the molecule is C=C=O.c1cn[nH]n1. The number of nitrogens with one attached hydrogen (secondary N) is 1. The first kappa shape index (κ1) is 6.59. The van der Waals surface area contributed by atoms with Crippen LogP contribution in [0.25, 0.3) is 0 Å². The van der Waals surface area contributed by atoms with E-state index in [1.165, 1.54) is 5.94 Å². The maximum absolute atomic E-state index is 8.57. The molecule has 4 nitrogen and oxygen atoms in total. The summed E-state index contributed by atoms with van der Waals surface area (Å²) in [4.78, 5) is 8.57. The number of hydrogen-bond donors (Lipinski definition) is 1. The quantitative estimate of drug-likeness (QED) is 0.472. The first-order valence-corrected chi connectivity index (χ1v) is 1.85. The van der Waals surface area contributed by atoms with Crippen LogP contribution in [0.15, 0.2) is 19.0 Å². The summed E-state index contributed by atoms with van der Waals surface area (Å²) in [5, 5.41) is 9.33. The molecule has 0 aromatic carbocycles. The molecule has 0 saturated carbocycles. The molecule has 0 fully saturated rings. The number of aromatic amines is 1. The summed E-state index contributed by atoms with van der Waals surface area (Å²) in [7, 11) is 0. The van der Waals surface area contributed by atoms with E-state index < -0.39 is 0 Å². The second-order valence-corrected chi connectivity index (χ2v) is 0.801. The van der Waals surface area contributed by atoms with Gasteiger partial charge in [0.1, 0.15) is 5.94 Å². The van der Waals surface area contributed by atoms with Crippen LogP contribution in [0, 0.1) is 0 Å². The zero-order valence-electron chi connectivity index (χ0n) is 4.16. The summed E-state index contributed by atoms with van der Waals surface area (Å²) in [5.74, 6) is 1.25. The fourth-order valence-corrected chi connectivity index (χ4v) is 0.167. The van der Waals surface area contributed by atoms with Gasteiger partial charge in [-0.15, -0.1) is 0 Å². The van der Waals surface area contributed by atoms with Gasteiger partial charge in [0, 0.05) is 0 Å². The maximum Gasteiger partial charge on any atom is 0.116 e. The standard InChI is InChI=1S/C2H3N3.C2H2O/c1-2-4-5-3-1;1-2-3/h1-2H,(H,3,4,5);1H2. The fraction of sp³-hybridized carbons (Fsp3) is 0. The van der Waals surface area contributed by atoms with Crippen LogP contribution in [0.3, 0.4) is 0 Å². The Morgan fingerprint density at radius 1 is 1.50 bits per heavy atom. The predicted molar refractivity (Wildman–Crippen MR) is 27.7 cm³/mol. The molecule has 0 unspecified atom stereocenters. The first-order valence-electron chi connectivity index (χ1n) is 1.85. The third kappa shape index (κ3) is 4.59. The lowest BCUT2D eigenvalue weighted by Crippen LogP contribution is -1.61. The van der Waals surface area contributed by atoms with Crippen LogP contribution in [0.1, 0.15) is 0 Å². The highest BCUT2D eigenvalue weighted by atomic mass is 16.1. The molecule has 0 aliphatic heterocycles. The second kappa shape index (κ2) is 5.59. The van der Waals surface area contributed by atoms with Gasteiger partial charge in [-0.1, -0.05) is 0 Å². The van der Waals surface area contributed by atoms with E-state index in [0.717, 1.165) is 0 Å². The van der Waals surface area contributed by atoms with E-state index in [1.807, 2.05) is 0 Å². The van der Waals surface area contributed by atoms with Crippen molar-refractivity contribution in [1.82, 2.24) is 15.4 Å². The highest BCUT2D eigenvalue weighted by molar-refractivity contribution is 5.38. The average Bonchev–Trinajstić information content (AvgIpc) is 2.17. The van der Waals surface area contributed by atoms with Crippen molar-refractivity contribution in [2.45, 2.75) is 0 Å². The molecule has 0 atom stereocenters. The number of hydrogen-bond acceptors (Lipinski definition) is 3. The lowest BCUT2D eigenvalue weighted by Gasteiger charge is -1.48. The number of nitrogens with zero attached hydrogens (tertiary/aromatic N) is 2. The zero-order chi connectivity index (χ0) is 6.24. The van der Waals surface area contributed by atoms with Gasteiger partial charge in [-0.3, -0.25) is 0 Å². The van der Waals surface area contributed by atoms with E-state index in [1.54, 1.807) is 12.4 Å². The van der Waals surface area contributed by atoms with Crippen LogP contribution in [-0.4, -0.2) is 21.4 Å². The molecule has 0 radical (unpaired) electrons. The van der Waals surface area contributed by atoms with E-state index in [2.05, 4.69) is 22.0 Å². The van der Waals surface area contributed by atoms with Crippen molar-refractivity contribution < 1.29 is 4.79 Å². The molecule has 1 N–H and O–H groups in total. The fourth-order valence-electron chi connectivity index (χ4n) is 0.167. The van der Waals surface area contributed by atoms with Crippen molar-refractivity contribution in [3.05, 3.63) is 19.0 Å². The molecular formula is C4H5N3O. The molecule has 0 aliphatic carbocycles. The van der Waals surface area contributed by atoms with E-state index in [-0.39, 0.29) is 0 Å². The Hall–Kier alpha value is -1.41. The largest absolute Gasteiger partial charge is 0.234 e. The van der Waals surface area contributed by atoms with Crippen LogP contribution in [0.2, 0.25) is 0 Å². The van der Waals surface area contributed by atoms with Crippen LogP contribution >= 0.6 is 0 Å². The first-order chi connectivity index (χ1) is 3.91. The maximum atomic E-state index is 8.57. The molecule has 1 rings (SSSR count). The van der Waals surface area contributed by atoms with Crippen molar-refractivity contribution >= 4 is 5.94 Å². The van der Waals surface area contributed by atoms with Crippen LogP contribution < -0.4 is 0 Å². The van der Waals surface area contributed by atoms with Crippen molar-refractivity contribution in [1.29, 1.82) is 0 Å². The summed E-state index contributed by atoms with van der Waals surface area (Å²) in [6.45, 7) is 2.68. The predicted octanol–water partition coefficient (Wildman–Crippen LogP) is -0.191. The van der Waals surface area contributed by atoms with Gasteiger partial charge in [-0.05, 0) is 6.58 Å². The number of rotatable bonds is 0. The second-order valence-electron chi connectivity index (χ2n) is 0.801. The van der Waals surface area contributed by atoms with E-state index in [9.17, 15) is 0 Å². The Bertz CT molecular complexity index is 123. The topological polar surface area (TPSA) is 58.6 Å². The summed E-state index contributed by atoms with van der Waals surface area (Å²) in [6.07, 6.45) is 3.17. The van der Waals surface area contributed by atoms with Gasteiger partial charge >= 0.3 is 0 Å². The highest BCUT2D eigenvalue weighted by Crippen LogP contribution is 1.55. The van der Waals surface area contributed by atoms with E-state index in [0.29, 0.717) is 0 Å². The highest BCUT2D eigenvalue weighted by Gasteiger charge is 1.57. The van der Waals surface area contributed by atoms with Gasteiger partial charge in [0.25, 0.3) is 0 Å². The molecule has 0 saturated heterocycles. The molecule has 1 aromatic rings. The molecule has 0 bridgehead atoms. The van der Waals surface area contributed by atoms with Crippen molar-refractivity contribution in [3.63, 3.8) is 0 Å². The minimum Gasteiger partial charge on any atom is -0.234 e. The van der Waals surface area contributed by atoms with E-state index >= 15 is 0 Å².